The van der Waals surface area contributed by atoms with Gasteiger partial charge in [0.25, 0.3) is 0 Å². The lowest BCUT2D eigenvalue weighted by atomic mass is 10.00. The van der Waals surface area contributed by atoms with E-state index >= 15 is 0 Å². The maximum atomic E-state index is 5.29. The van der Waals surface area contributed by atoms with E-state index in [4.69, 9.17) is 9.97 Å². The van der Waals surface area contributed by atoms with Crippen molar-refractivity contribution in [3.8, 4) is 67.5 Å². The van der Waals surface area contributed by atoms with E-state index in [1.807, 2.05) is 6.07 Å². The van der Waals surface area contributed by atoms with Crippen LogP contribution in [0.4, 0.5) is 0 Å². The van der Waals surface area contributed by atoms with Crippen LogP contribution in [0.1, 0.15) is 0 Å². The minimum Gasteiger partial charge on any atom is -0.309 e. The van der Waals surface area contributed by atoms with Crippen molar-refractivity contribution < 1.29 is 0 Å². The number of benzene rings is 9. The summed E-state index contributed by atoms with van der Waals surface area (Å²) < 4.78 is 4.84. The van der Waals surface area contributed by atoms with E-state index in [2.05, 4.69) is 234 Å². The predicted octanol–water partition coefficient (Wildman–Crippen LogP) is 15.0. The van der Waals surface area contributed by atoms with E-state index in [1.54, 1.807) is 0 Å². The first-order chi connectivity index (χ1) is 30.7. The second-order valence-corrected chi connectivity index (χ2v) is 15.8. The highest BCUT2D eigenvalue weighted by atomic mass is 15.0. The van der Waals surface area contributed by atoms with Crippen LogP contribution >= 0.6 is 0 Å². The molecule has 0 N–H and O–H groups in total. The summed E-state index contributed by atoms with van der Waals surface area (Å²) in [7, 11) is 0. The van der Waals surface area contributed by atoms with Gasteiger partial charge in [0, 0.05) is 49.6 Å². The Morgan fingerprint density at radius 1 is 0.274 bits per heavy atom. The molecule has 62 heavy (non-hydrogen) atoms. The van der Waals surface area contributed by atoms with E-state index in [1.165, 1.54) is 49.2 Å². The first-order valence-electron chi connectivity index (χ1n) is 21.1. The summed E-state index contributed by atoms with van der Waals surface area (Å²) in [5.74, 6) is 0.684. The molecule has 0 atom stereocenters. The van der Waals surface area contributed by atoms with Crippen molar-refractivity contribution in [3.05, 3.63) is 231 Å². The van der Waals surface area contributed by atoms with E-state index in [-0.39, 0.29) is 0 Å². The summed E-state index contributed by atoms with van der Waals surface area (Å²) in [5, 5.41) is 4.92. The van der Waals surface area contributed by atoms with Crippen LogP contribution in [0, 0.1) is 0 Å². The van der Waals surface area contributed by atoms with Crippen molar-refractivity contribution in [3.63, 3.8) is 0 Å². The van der Waals surface area contributed by atoms with Crippen LogP contribution < -0.4 is 0 Å². The van der Waals surface area contributed by atoms with Gasteiger partial charge in [-0.3, -0.25) is 0 Å². The van der Waals surface area contributed by atoms with Crippen LogP contribution in [0.3, 0.4) is 0 Å². The lowest BCUT2D eigenvalue weighted by Gasteiger charge is -2.13. The smallest absolute Gasteiger partial charge is 0.160 e. The molecule has 0 amide bonds. The Morgan fingerprint density at radius 2 is 0.774 bits per heavy atom. The van der Waals surface area contributed by atoms with Crippen molar-refractivity contribution in [2.24, 2.45) is 0 Å². The molecule has 0 spiro atoms. The summed E-state index contributed by atoms with van der Waals surface area (Å²) in [6.45, 7) is 0. The van der Waals surface area contributed by atoms with Crippen LogP contribution in [0.25, 0.3) is 111 Å². The van der Waals surface area contributed by atoms with Gasteiger partial charge in [-0.25, -0.2) is 9.97 Å². The van der Waals surface area contributed by atoms with Crippen molar-refractivity contribution in [1.82, 2.24) is 19.1 Å². The molecule has 3 aromatic heterocycles. The zero-order valence-corrected chi connectivity index (χ0v) is 33.7. The van der Waals surface area contributed by atoms with Gasteiger partial charge in [0.05, 0.1) is 33.5 Å². The average Bonchev–Trinajstić information content (AvgIpc) is 3.88. The predicted molar refractivity (Wildman–Crippen MR) is 258 cm³/mol. The first-order valence-corrected chi connectivity index (χ1v) is 21.1. The first kappa shape index (κ1) is 35.6. The Labute approximate surface area is 359 Å². The van der Waals surface area contributed by atoms with Gasteiger partial charge >= 0.3 is 0 Å². The van der Waals surface area contributed by atoms with Crippen LogP contribution in [0.2, 0.25) is 0 Å². The van der Waals surface area contributed by atoms with Gasteiger partial charge in [-0.1, -0.05) is 170 Å². The summed E-state index contributed by atoms with van der Waals surface area (Å²) >= 11 is 0. The number of aromatic nitrogens is 4. The van der Waals surface area contributed by atoms with Gasteiger partial charge in [-0.15, -0.1) is 0 Å². The highest BCUT2D eigenvalue weighted by Crippen LogP contribution is 2.42. The summed E-state index contributed by atoms with van der Waals surface area (Å²) in [6.07, 6.45) is 0. The molecule has 0 saturated carbocycles. The zero-order valence-electron chi connectivity index (χ0n) is 33.7. The van der Waals surface area contributed by atoms with Gasteiger partial charge in [0.1, 0.15) is 0 Å². The number of fused-ring (bicyclic) bond motifs is 7. The van der Waals surface area contributed by atoms with E-state index in [0.29, 0.717) is 5.82 Å². The fraction of sp³-hybridized carbons (Fsp3) is 0. The third-order valence-corrected chi connectivity index (χ3v) is 12.1. The Balaban J connectivity index is 1.04. The molecule has 0 unspecified atom stereocenters. The summed E-state index contributed by atoms with van der Waals surface area (Å²) in [5.41, 5.74) is 16.3. The molecule has 0 bridgehead atoms. The SMILES string of the molecule is c1ccc(-c2cccc(-c3cc(-c4ccc(-n5c6ccccc6c6ccc7c(c8ccccc8n7-c7ccccc7)c65)cc4)nc(-c4cccc(-c5ccccc5)c4)n3)c2)cc1. The molecule has 0 saturated heterocycles. The van der Waals surface area contributed by atoms with Crippen LogP contribution in [-0.4, -0.2) is 19.1 Å². The molecule has 12 aromatic rings. The number of rotatable bonds is 7. The molecule has 12 rings (SSSR count). The normalized spacial score (nSPS) is 11.5. The minimum absolute atomic E-state index is 0.684. The lowest BCUT2D eigenvalue weighted by molar-refractivity contribution is 1.17. The molecule has 0 fully saturated rings. The van der Waals surface area contributed by atoms with E-state index < -0.39 is 0 Å². The third kappa shape index (κ3) is 6.00. The number of nitrogens with zero attached hydrogens (tertiary/aromatic N) is 4. The molecule has 9 aromatic carbocycles. The largest absolute Gasteiger partial charge is 0.309 e. The molecule has 0 aliphatic heterocycles. The maximum absolute atomic E-state index is 5.29. The van der Waals surface area contributed by atoms with Crippen molar-refractivity contribution in [2.45, 2.75) is 0 Å². The molecule has 4 heteroatoms. The quantitative estimate of drug-likeness (QED) is 0.161. The van der Waals surface area contributed by atoms with Gasteiger partial charge < -0.3 is 9.13 Å². The Kier molecular flexibility index (Phi) is 8.46. The Bertz CT molecular complexity index is 3500. The second kappa shape index (κ2) is 14.7. The standard InChI is InChI=1S/C58H38N4/c1-4-16-39(17-5-1)42-20-14-22-44(36-42)52-38-51(59-58(60-52)45-23-15-21-43(37-45)40-18-6-2-7-19-40)41-30-32-47(33-31-41)62-53-28-12-10-26-48(53)49-34-35-55-56(57(49)62)50-27-11-13-29-54(50)61(55)46-24-8-3-9-25-46/h1-38H. The van der Waals surface area contributed by atoms with Crippen LogP contribution in [0.15, 0.2) is 231 Å². The van der Waals surface area contributed by atoms with Crippen molar-refractivity contribution >= 4 is 43.6 Å². The van der Waals surface area contributed by atoms with E-state index in [9.17, 15) is 0 Å². The molecule has 290 valence electrons. The number of hydrogen-bond donors (Lipinski definition) is 0. The molecule has 4 nitrogen and oxygen atoms in total. The third-order valence-electron chi connectivity index (χ3n) is 12.1. The number of para-hydroxylation sites is 3. The zero-order chi connectivity index (χ0) is 41.0. The van der Waals surface area contributed by atoms with Gasteiger partial charge in [0.2, 0.25) is 0 Å². The van der Waals surface area contributed by atoms with Crippen LogP contribution in [-0.2, 0) is 0 Å². The van der Waals surface area contributed by atoms with Crippen molar-refractivity contribution in [2.75, 3.05) is 0 Å². The topological polar surface area (TPSA) is 35.6 Å². The van der Waals surface area contributed by atoms with E-state index in [0.717, 1.165) is 56.1 Å². The fourth-order valence-electron chi connectivity index (χ4n) is 9.24. The van der Waals surface area contributed by atoms with Crippen molar-refractivity contribution in [1.29, 1.82) is 0 Å². The highest BCUT2D eigenvalue weighted by molar-refractivity contribution is 6.26. The Morgan fingerprint density at radius 3 is 1.45 bits per heavy atom. The fourth-order valence-corrected chi connectivity index (χ4v) is 9.24. The van der Waals surface area contributed by atoms with Gasteiger partial charge in [0.15, 0.2) is 5.82 Å². The molecular formula is C58H38N4. The van der Waals surface area contributed by atoms with Gasteiger partial charge in [-0.05, 0) is 82.9 Å². The minimum atomic E-state index is 0.684. The molecular weight excluding hydrogens is 753 g/mol. The second-order valence-electron chi connectivity index (χ2n) is 15.8. The highest BCUT2D eigenvalue weighted by Gasteiger charge is 2.21. The Hall–Kier alpha value is -8.34. The molecule has 0 aliphatic rings. The molecule has 0 aliphatic carbocycles. The summed E-state index contributed by atoms with van der Waals surface area (Å²) in [6, 6.07) is 82.0. The molecule has 0 radical (unpaired) electrons. The molecule has 3 heterocycles. The summed E-state index contributed by atoms with van der Waals surface area (Å²) in [4.78, 5) is 10.5. The maximum Gasteiger partial charge on any atom is 0.160 e. The van der Waals surface area contributed by atoms with Gasteiger partial charge in [-0.2, -0.15) is 0 Å². The number of hydrogen-bond acceptors (Lipinski definition) is 2. The average molecular weight is 791 g/mol. The van der Waals surface area contributed by atoms with Crippen LogP contribution in [0.5, 0.6) is 0 Å². The lowest BCUT2D eigenvalue weighted by Crippen LogP contribution is -1.98. The monoisotopic (exact) mass is 790 g/mol.